The van der Waals surface area contributed by atoms with Crippen molar-refractivity contribution < 1.29 is 4.42 Å². The Morgan fingerprint density at radius 2 is 1.93 bits per heavy atom. The van der Waals surface area contributed by atoms with Crippen molar-refractivity contribution in [3.63, 3.8) is 0 Å². The highest BCUT2D eigenvalue weighted by Crippen LogP contribution is 2.54. The van der Waals surface area contributed by atoms with E-state index in [0.29, 0.717) is 5.71 Å². The maximum atomic E-state index is 6.29. The van der Waals surface area contributed by atoms with Crippen LogP contribution in [-0.2, 0) is 5.54 Å². The van der Waals surface area contributed by atoms with Crippen LogP contribution < -0.4 is 9.80 Å². The van der Waals surface area contributed by atoms with E-state index in [4.69, 9.17) is 4.42 Å². The second-order valence-electron chi connectivity index (χ2n) is 7.99. The monoisotopic (exact) mass is 355 g/mol. The topological polar surface area (TPSA) is 32.5 Å². The van der Waals surface area contributed by atoms with Gasteiger partial charge < -0.3 is 14.2 Å². The Kier molecular flexibility index (Phi) is 2.70. The van der Waals surface area contributed by atoms with Crippen LogP contribution in [-0.4, -0.2) is 17.7 Å². The Bertz CT molecular complexity index is 1230. The minimum absolute atomic E-state index is 0.0680. The maximum Gasteiger partial charge on any atom is 0.227 e. The zero-order valence-corrected chi connectivity index (χ0v) is 15.7. The summed E-state index contributed by atoms with van der Waals surface area (Å²) in [6, 6.07) is 17.2. The SMILES string of the molecule is Cc1ccc2c(oc3ncccc32)c1N1C(C)N2CC1(C)c1ccccc12. The molecule has 0 radical (unpaired) electrons. The summed E-state index contributed by atoms with van der Waals surface area (Å²) < 4.78 is 6.29. The second kappa shape index (κ2) is 4.83. The van der Waals surface area contributed by atoms with Crippen molar-refractivity contribution in [2.24, 2.45) is 0 Å². The van der Waals surface area contributed by atoms with Gasteiger partial charge in [0.15, 0.2) is 5.58 Å². The van der Waals surface area contributed by atoms with Crippen LogP contribution in [0.2, 0.25) is 0 Å². The molecule has 6 rings (SSSR count). The molecule has 2 aromatic carbocycles. The molecule has 4 aromatic rings. The normalized spacial score (nSPS) is 23.6. The van der Waals surface area contributed by atoms with Crippen LogP contribution in [0.25, 0.3) is 22.1 Å². The molecule has 2 aliphatic heterocycles. The third-order valence-electron chi connectivity index (χ3n) is 6.46. The second-order valence-corrected chi connectivity index (χ2v) is 7.99. The first kappa shape index (κ1) is 15.1. The molecule has 27 heavy (non-hydrogen) atoms. The first-order valence-electron chi connectivity index (χ1n) is 9.52. The molecule has 4 heteroatoms. The lowest BCUT2D eigenvalue weighted by Crippen LogP contribution is -2.47. The predicted molar refractivity (Wildman–Crippen MR) is 109 cm³/mol. The number of fused-ring (bicyclic) bond motifs is 8. The molecule has 1 saturated heterocycles. The summed E-state index contributed by atoms with van der Waals surface area (Å²) in [6.07, 6.45) is 2.07. The van der Waals surface area contributed by atoms with Crippen LogP contribution in [0.15, 0.2) is 59.1 Å². The number of aryl methyl sites for hydroxylation is 1. The quantitative estimate of drug-likeness (QED) is 0.470. The van der Waals surface area contributed by atoms with E-state index in [-0.39, 0.29) is 11.7 Å². The van der Waals surface area contributed by atoms with Crippen LogP contribution in [0, 0.1) is 6.92 Å². The summed E-state index contributed by atoms with van der Waals surface area (Å²) in [5.41, 5.74) is 6.78. The van der Waals surface area contributed by atoms with Crippen molar-refractivity contribution >= 4 is 33.4 Å². The van der Waals surface area contributed by atoms with E-state index >= 15 is 0 Å². The summed E-state index contributed by atoms with van der Waals surface area (Å²) in [4.78, 5) is 9.50. The van der Waals surface area contributed by atoms with E-state index in [2.05, 4.69) is 78.0 Å². The van der Waals surface area contributed by atoms with Gasteiger partial charge in [0.05, 0.1) is 17.4 Å². The van der Waals surface area contributed by atoms with E-state index in [1.54, 1.807) is 6.20 Å². The smallest absolute Gasteiger partial charge is 0.227 e. The van der Waals surface area contributed by atoms with Gasteiger partial charge in [0, 0.05) is 34.8 Å². The molecule has 0 spiro atoms. The molecule has 2 unspecified atom stereocenters. The van der Waals surface area contributed by atoms with E-state index in [1.165, 1.54) is 22.5 Å². The number of para-hydroxylation sites is 1. The van der Waals surface area contributed by atoms with Gasteiger partial charge in [-0.15, -0.1) is 0 Å². The molecular weight excluding hydrogens is 334 g/mol. The summed E-state index contributed by atoms with van der Waals surface area (Å²) in [6.45, 7) is 7.83. The number of nitrogens with zero attached hydrogens (tertiary/aromatic N) is 3. The van der Waals surface area contributed by atoms with Gasteiger partial charge in [-0.3, -0.25) is 0 Å². The minimum Gasteiger partial charge on any atom is -0.436 e. The van der Waals surface area contributed by atoms with Crippen LogP contribution >= 0.6 is 0 Å². The predicted octanol–water partition coefficient (Wildman–Crippen LogP) is 5.19. The van der Waals surface area contributed by atoms with Gasteiger partial charge in [0.2, 0.25) is 5.71 Å². The van der Waals surface area contributed by atoms with Gasteiger partial charge in [-0.25, -0.2) is 4.98 Å². The van der Waals surface area contributed by atoms with Gasteiger partial charge in [0.25, 0.3) is 0 Å². The Morgan fingerprint density at radius 3 is 2.81 bits per heavy atom. The first-order valence-corrected chi connectivity index (χ1v) is 9.52. The minimum atomic E-state index is -0.0680. The molecule has 0 N–H and O–H groups in total. The molecule has 0 amide bonds. The molecule has 2 aliphatic rings. The number of hydrogen-bond donors (Lipinski definition) is 0. The zero-order valence-electron chi connectivity index (χ0n) is 15.7. The number of rotatable bonds is 1. The molecule has 2 aromatic heterocycles. The third-order valence-corrected chi connectivity index (χ3v) is 6.46. The average Bonchev–Trinajstić information content (AvgIpc) is 3.28. The summed E-state index contributed by atoms with van der Waals surface area (Å²) in [5, 5.41) is 2.22. The number of anilines is 2. The van der Waals surface area contributed by atoms with Crippen molar-refractivity contribution in [2.45, 2.75) is 32.5 Å². The van der Waals surface area contributed by atoms with Gasteiger partial charge in [0.1, 0.15) is 0 Å². The van der Waals surface area contributed by atoms with E-state index in [0.717, 1.165) is 22.9 Å². The summed E-state index contributed by atoms with van der Waals surface area (Å²) in [7, 11) is 0. The Balaban J connectivity index is 1.66. The first-order chi connectivity index (χ1) is 13.1. The van der Waals surface area contributed by atoms with Crippen molar-refractivity contribution in [1.29, 1.82) is 0 Å². The lowest BCUT2D eigenvalue weighted by atomic mass is 9.90. The molecule has 0 aliphatic carbocycles. The van der Waals surface area contributed by atoms with Gasteiger partial charge in [-0.1, -0.05) is 30.3 Å². The molecular formula is C23H21N3O. The van der Waals surface area contributed by atoms with E-state index in [9.17, 15) is 0 Å². The highest BCUT2D eigenvalue weighted by atomic mass is 16.3. The Labute approximate surface area is 158 Å². The Morgan fingerprint density at radius 1 is 1.07 bits per heavy atom. The summed E-state index contributed by atoms with van der Waals surface area (Å²) >= 11 is 0. The zero-order chi connectivity index (χ0) is 18.3. The standard InChI is InChI=1S/C23H21N3O/c1-14-10-11-16-17-7-6-12-24-22(17)27-21(16)20(14)26-15(2)25-13-23(26,3)18-8-4-5-9-19(18)25/h4-12,15H,13H2,1-3H3. The lowest BCUT2D eigenvalue weighted by molar-refractivity contribution is 0.508. The van der Waals surface area contributed by atoms with Crippen molar-refractivity contribution in [3.05, 3.63) is 65.9 Å². The summed E-state index contributed by atoms with van der Waals surface area (Å²) in [5.74, 6) is 0. The average molecular weight is 355 g/mol. The third kappa shape index (κ3) is 1.71. The molecule has 1 fully saturated rings. The van der Waals surface area contributed by atoms with E-state index in [1.807, 2.05) is 6.07 Å². The van der Waals surface area contributed by atoms with Crippen LogP contribution in [0.4, 0.5) is 11.4 Å². The molecule has 2 atom stereocenters. The lowest BCUT2D eigenvalue weighted by Gasteiger charge is -2.43. The number of hydrogen-bond acceptors (Lipinski definition) is 4. The van der Waals surface area contributed by atoms with Crippen molar-refractivity contribution in [2.75, 3.05) is 16.3 Å². The van der Waals surface area contributed by atoms with Gasteiger partial charge in [-0.05, 0) is 44.5 Å². The number of benzene rings is 2. The molecule has 0 saturated carbocycles. The number of furan rings is 1. The highest BCUT2D eigenvalue weighted by molar-refractivity contribution is 6.09. The number of pyridine rings is 1. The van der Waals surface area contributed by atoms with Gasteiger partial charge >= 0.3 is 0 Å². The fraction of sp³-hybridized carbons (Fsp3) is 0.261. The van der Waals surface area contributed by atoms with Crippen molar-refractivity contribution in [1.82, 2.24) is 4.98 Å². The van der Waals surface area contributed by atoms with Crippen LogP contribution in [0.3, 0.4) is 0 Å². The molecule has 4 heterocycles. The molecule has 2 bridgehead atoms. The van der Waals surface area contributed by atoms with Gasteiger partial charge in [-0.2, -0.15) is 0 Å². The largest absolute Gasteiger partial charge is 0.436 e. The molecule has 134 valence electrons. The fourth-order valence-electron chi connectivity index (χ4n) is 5.26. The van der Waals surface area contributed by atoms with Crippen LogP contribution in [0.5, 0.6) is 0 Å². The maximum absolute atomic E-state index is 6.29. The van der Waals surface area contributed by atoms with Crippen molar-refractivity contribution in [3.8, 4) is 0 Å². The number of aromatic nitrogens is 1. The molecule has 4 nitrogen and oxygen atoms in total. The van der Waals surface area contributed by atoms with Crippen LogP contribution in [0.1, 0.15) is 25.0 Å². The van der Waals surface area contributed by atoms with E-state index < -0.39 is 0 Å². The fourth-order valence-corrected chi connectivity index (χ4v) is 5.26. The highest BCUT2D eigenvalue weighted by Gasteiger charge is 2.54. The Hall–Kier alpha value is -3.01.